The van der Waals surface area contributed by atoms with E-state index >= 15 is 0 Å². The van der Waals surface area contributed by atoms with E-state index in [9.17, 15) is 14.7 Å². The van der Waals surface area contributed by atoms with Crippen LogP contribution < -0.4 is 9.64 Å². The maximum Gasteiger partial charge on any atom is 0.258 e. The van der Waals surface area contributed by atoms with Crippen molar-refractivity contribution in [2.24, 2.45) is 0 Å². The molecule has 0 unspecified atom stereocenters. The second-order valence-electron chi connectivity index (χ2n) is 7.18. The Labute approximate surface area is 186 Å². The number of amides is 1. The third kappa shape index (κ3) is 4.84. The molecule has 4 rings (SSSR count). The average Bonchev–Trinajstić information content (AvgIpc) is 2.84. The van der Waals surface area contributed by atoms with Gasteiger partial charge in [-0.3, -0.25) is 9.59 Å². The van der Waals surface area contributed by atoms with E-state index < -0.39 is 0 Å². The molecule has 0 aromatic heterocycles. The van der Waals surface area contributed by atoms with Crippen molar-refractivity contribution in [1.29, 1.82) is 0 Å². The molecule has 0 atom stereocenters. The Bertz CT molecular complexity index is 1210. The second-order valence-corrected chi connectivity index (χ2v) is 7.18. The standard InChI is InChI=1S/C27H21NO4/c29-19-22-17-23(13-16-26(22)30)28(18-20-7-3-1-4-8-20)27(31)21-11-14-25(15-12-21)32-24-9-5-2-6-10-24/h1-17,19,30H,18H2. The topological polar surface area (TPSA) is 66.8 Å². The van der Waals surface area contributed by atoms with Crippen molar-refractivity contribution >= 4 is 17.9 Å². The van der Waals surface area contributed by atoms with Crippen molar-refractivity contribution in [3.63, 3.8) is 0 Å². The van der Waals surface area contributed by atoms with E-state index in [1.165, 1.54) is 12.1 Å². The number of anilines is 1. The number of hydrogen-bond donors (Lipinski definition) is 1. The fourth-order valence-electron chi connectivity index (χ4n) is 3.30. The number of phenolic OH excluding ortho intramolecular Hbond substituents is 1. The first-order valence-electron chi connectivity index (χ1n) is 10.1. The largest absolute Gasteiger partial charge is 0.507 e. The molecule has 4 aromatic rings. The summed E-state index contributed by atoms with van der Waals surface area (Å²) in [5.74, 6) is 0.971. The Balaban J connectivity index is 1.63. The summed E-state index contributed by atoms with van der Waals surface area (Å²) in [4.78, 5) is 26.3. The smallest absolute Gasteiger partial charge is 0.258 e. The SMILES string of the molecule is O=Cc1cc(N(Cc2ccccc2)C(=O)c2ccc(Oc3ccccc3)cc2)ccc1O. The van der Waals surface area contributed by atoms with Gasteiger partial charge in [-0.2, -0.15) is 0 Å². The van der Waals surface area contributed by atoms with Crippen LogP contribution in [0.3, 0.4) is 0 Å². The summed E-state index contributed by atoms with van der Waals surface area (Å²) in [6, 6.07) is 30.4. The number of carbonyl (C=O) groups excluding carboxylic acids is 2. The highest BCUT2D eigenvalue weighted by Crippen LogP contribution is 2.27. The van der Waals surface area contributed by atoms with Gasteiger partial charge in [-0.25, -0.2) is 0 Å². The lowest BCUT2D eigenvalue weighted by Crippen LogP contribution is -2.30. The molecule has 158 valence electrons. The number of carbonyl (C=O) groups is 2. The zero-order chi connectivity index (χ0) is 22.3. The van der Waals surface area contributed by atoms with Gasteiger partial charge in [0.25, 0.3) is 5.91 Å². The van der Waals surface area contributed by atoms with Crippen LogP contribution in [0.4, 0.5) is 5.69 Å². The molecule has 0 aliphatic heterocycles. The summed E-state index contributed by atoms with van der Waals surface area (Å²) >= 11 is 0. The van der Waals surface area contributed by atoms with E-state index in [1.54, 1.807) is 35.2 Å². The van der Waals surface area contributed by atoms with Gasteiger partial charge in [0.1, 0.15) is 17.2 Å². The summed E-state index contributed by atoms with van der Waals surface area (Å²) in [7, 11) is 0. The predicted octanol–water partition coefficient (Wildman–Crippen LogP) is 5.84. The molecule has 5 heteroatoms. The van der Waals surface area contributed by atoms with Crippen LogP contribution in [-0.2, 0) is 6.54 Å². The fraction of sp³-hybridized carbons (Fsp3) is 0.0370. The first kappa shape index (κ1) is 20.9. The van der Waals surface area contributed by atoms with E-state index in [0.717, 1.165) is 5.56 Å². The number of aromatic hydroxyl groups is 1. The Morgan fingerprint density at radius 2 is 1.44 bits per heavy atom. The molecule has 0 saturated carbocycles. The first-order chi connectivity index (χ1) is 15.6. The van der Waals surface area contributed by atoms with Crippen molar-refractivity contribution in [3.05, 3.63) is 120 Å². The van der Waals surface area contributed by atoms with Crippen LogP contribution in [-0.4, -0.2) is 17.3 Å². The van der Waals surface area contributed by atoms with Gasteiger partial charge >= 0.3 is 0 Å². The van der Waals surface area contributed by atoms with Gasteiger partial charge in [0, 0.05) is 11.3 Å². The van der Waals surface area contributed by atoms with Crippen LogP contribution in [0.5, 0.6) is 17.2 Å². The summed E-state index contributed by atoms with van der Waals surface area (Å²) < 4.78 is 5.81. The van der Waals surface area contributed by atoms with Crippen LogP contribution in [0.15, 0.2) is 103 Å². The Kier molecular flexibility index (Phi) is 6.28. The minimum absolute atomic E-state index is 0.125. The molecule has 0 spiro atoms. The van der Waals surface area contributed by atoms with Crippen molar-refractivity contribution in [2.75, 3.05) is 4.90 Å². The Morgan fingerprint density at radius 3 is 2.09 bits per heavy atom. The Hall–Kier alpha value is -4.38. The number of phenols is 1. The highest BCUT2D eigenvalue weighted by atomic mass is 16.5. The molecule has 1 N–H and O–H groups in total. The van der Waals surface area contributed by atoms with Gasteiger partial charge in [0.05, 0.1) is 12.1 Å². The molecule has 1 amide bonds. The minimum Gasteiger partial charge on any atom is -0.507 e. The van der Waals surface area contributed by atoms with Crippen molar-refractivity contribution in [1.82, 2.24) is 0 Å². The van der Waals surface area contributed by atoms with Gasteiger partial charge in [-0.1, -0.05) is 48.5 Å². The van der Waals surface area contributed by atoms with Crippen LogP contribution in [0.2, 0.25) is 0 Å². The first-order valence-corrected chi connectivity index (χ1v) is 10.1. The zero-order valence-electron chi connectivity index (χ0n) is 17.2. The van der Waals surface area contributed by atoms with Gasteiger partial charge in [0.15, 0.2) is 6.29 Å². The monoisotopic (exact) mass is 423 g/mol. The third-order valence-electron chi connectivity index (χ3n) is 4.96. The lowest BCUT2D eigenvalue weighted by atomic mass is 10.1. The van der Waals surface area contributed by atoms with Crippen molar-refractivity contribution < 1.29 is 19.4 Å². The highest BCUT2D eigenvalue weighted by Gasteiger charge is 2.19. The molecule has 0 radical (unpaired) electrons. The van der Waals surface area contributed by atoms with E-state index in [1.807, 2.05) is 60.7 Å². The molecule has 4 aromatic carbocycles. The van der Waals surface area contributed by atoms with E-state index in [-0.39, 0.29) is 17.2 Å². The van der Waals surface area contributed by atoms with Crippen LogP contribution in [0.25, 0.3) is 0 Å². The zero-order valence-corrected chi connectivity index (χ0v) is 17.2. The third-order valence-corrected chi connectivity index (χ3v) is 4.96. The molecule has 0 aliphatic rings. The number of nitrogens with zero attached hydrogens (tertiary/aromatic N) is 1. The summed E-state index contributed by atoms with van der Waals surface area (Å²) in [6.45, 7) is 0.311. The molecule has 0 bridgehead atoms. The summed E-state index contributed by atoms with van der Waals surface area (Å²) in [5, 5.41) is 9.87. The van der Waals surface area contributed by atoms with Gasteiger partial charge in [-0.05, 0) is 60.2 Å². The lowest BCUT2D eigenvalue weighted by Gasteiger charge is -2.24. The highest BCUT2D eigenvalue weighted by molar-refractivity contribution is 6.06. The fourth-order valence-corrected chi connectivity index (χ4v) is 3.30. The molecule has 0 aliphatic carbocycles. The number of aldehydes is 1. The number of ether oxygens (including phenoxy) is 1. The molecule has 0 saturated heterocycles. The van der Waals surface area contributed by atoms with Gasteiger partial charge < -0.3 is 14.7 Å². The summed E-state index contributed by atoms with van der Waals surface area (Å²) in [6.07, 6.45) is 0.569. The molecular formula is C27H21NO4. The number of hydrogen-bond acceptors (Lipinski definition) is 4. The number of benzene rings is 4. The van der Waals surface area contributed by atoms with Crippen LogP contribution in [0, 0.1) is 0 Å². The second kappa shape index (κ2) is 9.62. The average molecular weight is 423 g/mol. The molecule has 32 heavy (non-hydrogen) atoms. The van der Waals surface area contributed by atoms with Crippen LogP contribution >= 0.6 is 0 Å². The molecular weight excluding hydrogens is 402 g/mol. The molecule has 0 fully saturated rings. The van der Waals surface area contributed by atoms with Crippen LogP contribution in [0.1, 0.15) is 26.3 Å². The maximum absolute atomic E-state index is 13.4. The number of rotatable bonds is 7. The molecule has 0 heterocycles. The van der Waals surface area contributed by atoms with Gasteiger partial charge in [-0.15, -0.1) is 0 Å². The van der Waals surface area contributed by atoms with E-state index in [2.05, 4.69) is 0 Å². The van der Waals surface area contributed by atoms with Gasteiger partial charge in [0.2, 0.25) is 0 Å². The van der Waals surface area contributed by atoms with Crippen molar-refractivity contribution in [3.8, 4) is 17.2 Å². The summed E-state index contributed by atoms with van der Waals surface area (Å²) in [5.41, 5.74) is 2.05. The number of para-hydroxylation sites is 1. The van der Waals surface area contributed by atoms with E-state index in [4.69, 9.17) is 4.74 Å². The molecule has 5 nitrogen and oxygen atoms in total. The Morgan fingerprint density at radius 1 is 0.812 bits per heavy atom. The van der Waals surface area contributed by atoms with Crippen molar-refractivity contribution in [2.45, 2.75) is 6.54 Å². The minimum atomic E-state index is -0.234. The van der Waals surface area contributed by atoms with E-state index in [0.29, 0.717) is 35.6 Å². The quantitative estimate of drug-likeness (QED) is 0.379. The maximum atomic E-state index is 13.4. The predicted molar refractivity (Wildman–Crippen MR) is 123 cm³/mol. The lowest BCUT2D eigenvalue weighted by molar-refractivity contribution is 0.0984. The normalized spacial score (nSPS) is 10.4.